The van der Waals surface area contributed by atoms with E-state index in [1.807, 2.05) is 60.7 Å². The summed E-state index contributed by atoms with van der Waals surface area (Å²) in [7, 11) is 6.72. The Hall–Kier alpha value is -6.90. The maximum atomic E-state index is 6.57. The minimum atomic E-state index is 0.168. The minimum absolute atomic E-state index is 0.168. The first-order valence-corrected chi connectivity index (χ1v) is 30.3. The third-order valence-corrected chi connectivity index (χ3v) is 17.6. The number of pyridine rings is 4. The molecule has 3 aliphatic carbocycles. The van der Waals surface area contributed by atoms with E-state index < -0.39 is 0 Å². The summed E-state index contributed by atoms with van der Waals surface area (Å²) < 4.78 is 21.8. The number of aromatic nitrogens is 4. The largest absolute Gasteiger partial charge is 0.497 e. The van der Waals surface area contributed by atoms with E-state index in [0.29, 0.717) is 10.0 Å². The average molecular weight is 1130 g/mol. The van der Waals surface area contributed by atoms with Crippen molar-refractivity contribution in [3.8, 4) is 23.0 Å². The van der Waals surface area contributed by atoms with Gasteiger partial charge in [0.25, 0.3) is 0 Å². The van der Waals surface area contributed by atoms with Crippen LogP contribution < -0.4 is 50.0 Å². The van der Waals surface area contributed by atoms with E-state index in [2.05, 4.69) is 67.5 Å². The van der Waals surface area contributed by atoms with Crippen LogP contribution in [0.1, 0.15) is 109 Å². The second kappa shape index (κ2) is 26.3. The van der Waals surface area contributed by atoms with Crippen molar-refractivity contribution >= 4 is 101 Å². The standard InChI is InChI=1S/C34H42N6O2.C26H26Cl2N4O2.C5H10/c1-41-23-11-13-25-29(19-23)37-33(21-31(25)39-15-5-6-16-39)35-27-9-3-4-10-28(27)36-34-22-32(40-17-7-8-18-40)26-14-12-24(42-2)20-30(26)38-34;1-33-15-7-9-17-19(27)13-25(31-23(17)11-15)29-21-5-3-4-6-22(21)30-26-14-20(28)18-10-8-16(34-2)12-24(18)32-26;1-2-4-5-3-1/h11-14,19-22,27-28H,3-10,15-18H2,1-2H3,(H,35,37)(H,36,38);7-14,21-22H,3-6H2,1-2H3,(H,29,31)(H,30,32);1-5H2/t27-,28-;21-,22-;/m11./s1. The topological polar surface area (TPSA) is 143 Å². The lowest BCUT2D eigenvalue weighted by Crippen LogP contribution is -2.42. The molecule has 3 saturated carbocycles. The van der Waals surface area contributed by atoms with Gasteiger partial charge in [-0.25, -0.2) is 19.9 Å². The molecule has 0 bridgehead atoms. The van der Waals surface area contributed by atoms with Gasteiger partial charge >= 0.3 is 0 Å². The smallest absolute Gasteiger partial charge is 0.129 e. The summed E-state index contributed by atoms with van der Waals surface area (Å²) in [5.74, 6) is 6.55. The molecule has 14 nitrogen and oxygen atoms in total. The zero-order chi connectivity index (χ0) is 55.7. The number of hydrogen-bond donors (Lipinski definition) is 4. The Morgan fingerprint density at radius 2 is 0.617 bits per heavy atom. The van der Waals surface area contributed by atoms with Crippen LogP contribution in [-0.4, -0.2) is 98.7 Å². The Balaban J connectivity index is 0.000000160. The molecule has 4 aromatic carbocycles. The molecule has 5 fully saturated rings. The molecular weight excluding hydrogens is 1060 g/mol. The number of nitrogens with one attached hydrogen (secondary N) is 4. The summed E-state index contributed by atoms with van der Waals surface area (Å²) in [5.41, 5.74) is 6.08. The molecule has 16 heteroatoms. The van der Waals surface area contributed by atoms with Crippen molar-refractivity contribution < 1.29 is 18.9 Å². The fourth-order valence-electron chi connectivity index (χ4n) is 12.6. The summed E-state index contributed by atoms with van der Waals surface area (Å²) in [6.45, 7) is 4.37. The number of benzene rings is 4. The van der Waals surface area contributed by atoms with E-state index in [1.54, 1.807) is 28.4 Å². The van der Waals surface area contributed by atoms with E-state index in [9.17, 15) is 0 Å². The van der Waals surface area contributed by atoms with Gasteiger partial charge in [-0.05, 0) is 112 Å². The van der Waals surface area contributed by atoms with E-state index >= 15 is 0 Å². The molecule has 0 spiro atoms. The lowest BCUT2D eigenvalue weighted by atomic mass is 9.90. The fraction of sp³-hybridized carbons (Fsp3) is 0.446. The van der Waals surface area contributed by atoms with Crippen LogP contribution in [0.25, 0.3) is 43.6 Å². The molecule has 2 saturated heterocycles. The van der Waals surface area contributed by atoms with Gasteiger partial charge in [0, 0.05) is 120 Å². The highest BCUT2D eigenvalue weighted by Crippen LogP contribution is 2.38. The number of halogens is 2. The van der Waals surface area contributed by atoms with Crippen LogP contribution in [0.15, 0.2) is 97.1 Å². The predicted molar refractivity (Wildman–Crippen MR) is 336 cm³/mol. The van der Waals surface area contributed by atoms with Crippen LogP contribution in [0, 0.1) is 0 Å². The van der Waals surface area contributed by atoms with Crippen LogP contribution in [0.3, 0.4) is 0 Å². The van der Waals surface area contributed by atoms with Crippen LogP contribution >= 0.6 is 23.2 Å². The maximum Gasteiger partial charge on any atom is 0.129 e. The molecular formula is C65H78Cl2N10O4. The van der Waals surface area contributed by atoms with Crippen molar-refractivity contribution in [3.05, 3.63) is 107 Å². The number of fused-ring (bicyclic) bond motifs is 4. The highest BCUT2D eigenvalue weighted by atomic mass is 35.5. The minimum Gasteiger partial charge on any atom is -0.497 e. The first-order valence-electron chi connectivity index (χ1n) is 29.5. The molecule has 5 aliphatic rings. The molecule has 4 atom stereocenters. The first kappa shape index (κ1) is 56.0. The number of hydrogen-bond acceptors (Lipinski definition) is 14. The number of methoxy groups -OCH3 is 4. The van der Waals surface area contributed by atoms with Crippen LogP contribution in [-0.2, 0) is 0 Å². The Morgan fingerprint density at radius 1 is 0.346 bits per heavy atom. The molecule has 8 aromatic rings. The average Bonchev–Trinajstić information content (AvgIpc) is 4.52. The molecule has 13 rings (SSSR count). The molecule has 426 valence electrons. The molecule has 0 amide bonds. The van der Waals surface area contributed by atoms with Gasteiger partial charge in [-0.2, -0.15) is 0 Å². The van der Waals surface area contributed by atoms with E-state index in [-0.39, 0.29) is 24.2 Å². The van der Waals surface area contributed by atoms with Crippen molar-refractivity contribution in [2.45, 2.75) is 133 Å². The number of ether oxygens (including phenoxy) is 4. The van der Waals surface area contributed by atoms with Crippen molar-refractivity contribution in [2.75, 3.05) is 85.7 Å². The molecule has 0 unspecified atom stereocenters. The van der Waals surface area contributed by atoms with Crippen molar-refractivity contribution in [1.82, 2.24) is 19.9 Å². The third-order valence-electron chi connectivity index (χ3n) is 16.9. The molecule has 2 aliphatic heterocycles. The first-order chi connectivity index (χ1) is 39.7. The monoisotopic (exact) mass is 1130 g/mol. The highest BCUT2D eigenvalue weighted by Gasteiger charge is 2.29. The van der Waals surface area contributed by atoms with Gasteiger partial charge in [-0.3, -0.25) is 0 Å². The molecule has 0 radical (unpaired) electrons. The lowest BCUT2D eigenvalue weighted by Gasteiger charge is -2.34. The van der Waals surface area contributed by atoms with Crippen LogP contribution in [0.2, 0.25) is 10.0 Å². The number of rotatable bonds is 14. The van der Waals surface area contributed by atoms with Gasteiger partial charge in [0.1, 0.15) is 46.3 Å². The van der Waals surface area contributed by atoms with Gasteiger partial charge in [0.15, 0.2) is 0 Å². The maximum absolute atomic E-state index is 6.57. The van der Waals surface area contributed by atoms with Gasteiger partial charge in [0.2, 0.25) is 0 Å². The Labute approximate surface area is 487 Å². The summed E-state index contributed by atoms with van der Waals surface area (Å²) in [6.07, 6.45) is 21.4. The Kier molecular flexibility index (Phi) is 18.2. The molecule has 6 heterocycles. The molecule has 81 heavy (non-hydrogen) atoms. The van der Waals surface area contributed by atoms with Gasteiger partial charge < -0.3 is 50.0 Å². The van der Waals surface area contributed by atoms with Gasteiger partial charge in [0.05, 0.1) is 60.6 Å². The van der Waals surface area contributed by atoms with Crippen molar-refractivity contribution in [3.63, 3.8) is 0 Å². The Bertz CT molecular complexity index is 3220. The van der Waals surface area contributed by atoms with E-state index in [0.717, 1.165) is 144 Å². The third kappa shape index (κ3) is 13.4. The van der Waals surface area contributed by atoms with Crippen LogP contribution in [0.5, 0.6) is 23.0 Å². The van der Waals surface area contributed by atoms with Crippen LogP contribution in [0.4, 0.5) is 34.6 Å². The summed E-state index contributed by atoms with van der Waals surface area (Å²) in [6, 6.07) is 33.1. The second-order valence-corrected chi connectivity index (χ2v) is 23.1. The fourth-order valence-corrected chi connectivity index (χ4v) is 13.1. The quantitative estimate of drug-likeness (QED) is 0.0820. The SMILES string of the molecule is C1CCCC1.COc1ccc2c(Cl)cc(N[C@@H]3CCCC[C@H]3Nc3cc(Cl)c4ccc(OC)cc4n3)nc2c1.COc1ccc2c(N3CCCC3)cc(N[C@@H]3CCCC[C@H]3Nc3cc(N4CCCC4)c4ccc(OC)cc4n3)nc2c1. The molecule has 4 aromatic heterocycles. The zero-order valence-corrected chi connectivity index (χ0v) is 49.0. The van der Waals surface area contributed by atoms with Gasteiger partial charge in [-0.15, -0.1) is 0 Å². The lowest BCUT2D eigenvalue weighted by molar-refractivity contribution is 0.415. The number of nitrogens with zero attached hydrogens (tertiary/aromatic N) is 6. The van der Waals surface area contributed by atoms with E-state index in [1.165, 1.54) is 92.8 Å². The predicted octanol–water partition coefficient (Wildman–Crippen LogP) is 15.7. The van der Waals surface area contributed by atoms with Crippen molar-refractivity contribution in [2.24, 2.45) is 0 Å². The highest BCUT2D eigenvalue weighted by molar-refractivity contribution is 6.36. The summed E-state index contributed by atoms with van der Waals surface area (Å²) in [4.78, 5) is 24.8. The van der Waals surface area contributed by atoms with E-state index in [4.69, 9.17) is 62.1 Å². The van der Waals surface area contributed by atoms with Gasteiger partial charge in [-0.1, -0.05) is 81.0 Å². The molecule has 4 N–H and O–H groups in total. The Morgan fingerprint density at radius 3 is 0.914 bits per heavy atom. The van der Waals surface area contributed by atoms with Crippen molar-refractivity contribution in [1.29, 1.82) is 0 Å². The number of anilines is 6. The summed E-state index contributed by atoms with van der Waals surface area (Å²) >= 11 is 13.1. The zero-order valence-electron chi connectivity index (χ0n) is 47.5. The summed E-state index contributed by atoms with van der Waals surface area (Å²) in [5, 5.41) is 20.5. The second-order valence-electron chi connectivity index (χ2n) is 22.3. The normalized spacial score (nSPS) is 19.9.